The third kappa shape index (κ3) is 2.49. The number of rotatable bonds is 4. The van der Waals surface area contributed by atoms with Crippen LogP contribution in [0.4, 0.5) is 0 Å². The van der Waals surface area contributed by atoms with Crippen molar-refractivity contribution in [1.29, 1.82) is 0 Å². The molecule has 0 bridgehead atoms. The summed E-state index contributed by atoms with van der Waals surface area (Å²) >= 11 is 0. The summed E-state index contributed by atoms with van der Waals surface area (Å²) in [7, 11) is 0. The number of allylic oxidation sites excluding steroid dienone is 2. The lowest BCUT2D eigenvalue weighted by Crippen LogP contribution is -2.01. The summed E-state index contributed by atoms with van der Waals surface area (Å²) in [5.74, 6) is -0.647. The van der Waals surface area contributed by atoms with Crippen molar-refractivity contribution in [3.63, 3.8) is 0 Å². The summed E-state index contributed by atoms with van der Waals surface area (Å²) in [6, 6.07) is 0. The Balaban J connectivity index is 4.64. The van der Waals surface area contributed by atoms with Gasteiger partial charge >= 0.3 is 0 Å². The summed E-state index contributed by atoms with van der Waals surface area (Å²) in [6.45, 7) is 3.25. The first-order chi connectivity index (χ1) is 5.17. The highest BCUT2D eigenvalue weighted by atomic mass is 16.3. The van der Waals surface area contributed by atoms with Crippen LogP contribution in [-0.2, 0) is 4.79 Å². The van der Waals surface area contributed by atoms with Crippen molar-refractivity contribution in [3.05, 3.63) is 16.4 Å². The summed E-state index contributed by atoms with van der Waals surface area (Å²) < 4.78 is 0. The van der Waals surface area contributed by atoms with E-state index in [0.717, 1.165) is 0 Å². The van der Waals surface area contributed by atoms with Crippen molar-refractivity contribution in [2.24, 2.45) is 5.18 Å². The van der Waals surface area contributed by atoms with Crippen LogP contribution in [0.1, 0.15) is 26.7 Å². The molecule has 0 spiro atoms. The van der Waals surface area contributed by atoms with E-state index in [0.29, 0.717) is 0 Å². The number of Topliss-reactive ketones (excluding diaryl/α,β-unsaturated/α-hetero) is 1. The Labute approximate surface area is 64.9 Å². The van der Waals surface area contributed by atoms with E-state index in [2.05, 4.69) is 5.18 Å². The Kier molecular flexibility index (Phi) is 4.10. The molecule has 1 N–H and O–H groups in total. The SMILES string of the molecule is CCC(=O)C(N=O)=C(O)CC. The second kappa shape index (κ2) is 4.60. The minimum atomic E-state index is -0.417. The van der Waals surface area contributed by atoms with E-state index in [4.69, 9.17) is 5.11 Å². The number of nitroso groups, excluding NO2 is 1. The first-order valence-electron chi connectivity index (χ1n) is 3.46. The number of carbonyl (C=O) groups excluding carboxylic acids is 1. The number of nitrogens with zero attached hydrogens (tertiary/aromatic N) is 1. The maximum Gasteiger partial charge on any atom is 0.188 e. The number of aliphatic hydroxyl groups excluding tert-OH is 1. The normalized spacial score (nSPS) is 12.2. The molecule has 0 radical (unpaired) electrons. The first-order valence-corrected chi connectivity index (χ1v) is 3.46. The zero-order valence-electron chi connectivity index (χ0n) is 6.63. The Morgan fingerprint density at radius 2 is 1.91 bits per heavy atom. The standard InChI is InChI=1S/C7H11NO3/c1-3-5(9)7(8-11)6(10)4-2/h9H,3-4H2,1-2H3. The van der Waals surface area contributed by atoms with Gasteiger partial charge in [0.05, 0.1) is 0 Å². The lowest BCUT2D eigenvalue weighted by molar-refractivity contribution is -0.115. The van der Waals surface area contributed by atoms with Crippen LogP contribution in [0.2, 0.25) is 0 Å². The minimum absolute atomic E-state index is 0.186. The lowest BCUT2D eigenvalue weighted by Gasteiger charge is -1.97. The van der Waals surface area contributed by atoms with Gasteiger partial charge in [-0.2, -0.15) is 0 Å². The van der Waals surface area contributed by atoms with Gasteiger partial charge in [0.15, 0.2) is 11.5 Å². The molecule has 0 aromatic carbocycles. The van der Waals surface area contributed by atoms with Crippen molar-refractivity contribution >= 4 is 5.78 Å². The van der Waals surface area contributed by atoms with E-state index in [9.17, 15) is 9.70 Å². The Hall–Kier alpha value is -1.19. The molecule has 0 aliphatic rings. The van der Waals surface area contributed by atoms with Gasteiger partial charge in [0.25, 0.3) is 0 Å². The molecule has 0 rings (SSSR count). The van der Waals surface area contributed by atoms with Gasteiger partial charge in [-0.3, -0.25) is 4.79 Å². The topological polar surface area (TPSA) is 66.7 Å². The third-order valence-corrected chi connectivity index (χ3v) is 1.28. The maximum absolute atomic E-state index is 10.8. The van der Waals surface area contributed by atoms with E-state index >= 15 is 0 Å². The van der Waals surface area contributed by atoms with Gasteiger partial charge in [-0.05, 0) is 5.18 Å². The number of aliphatic hydroxyl groups is 1. The molecule has 0 amide bonds. The summed E-state index contributed by atoms with van der Waals surface area (Å²) in [5, 5.41) is 11.4. The van der Waals surface area contributed by atoms with Crippen LogP contribution in [0.5, 0.6) is 0 Å². The Bertz CT molecular complexity index is 196. The van der Waals surface area contributed by atoms with Crippen molar-refractivity contribution in [2.75, 3.05) is 0 Å². The largest absolute Gasteiger partial charge is 0.510 e. The highest BCUT2D eigenvalue weighted by Crippen LogP contribution is 2.09. The van der Waals surface area contributed by atoms with Gasteiger partial charge in [0, 0.05) is 12.8 Å². The van der Waals surface area contributed by atoms with Gasteiger partial charge in [0.1, 0.15) is 5.76 Å². The van der Waals surface area contributed by atoms with Crippen molar-refractivity contribution in [1.82, 2.24) is 0 Å². The highest BCUT2D eigenvalue weighted by Gasteiger charge is 2.12. The van der Waals surface area contributed by atoms with E-state index in [-0.39, 0.29) is 24.3 Å². The maximum atomic E-state index is 10.8. The number of carbonyl (C=O) groups is 1. The summed E-state index contributed by atoms with van der Waals surface area (Å²) in [4.78, 5) is 20.8. The molecular weight excluding hydrogens is 146 g/mol. The molecule has 0 saturated heterocycles. The van der Waals surface area contributed by atoms with Crippen LogP contribution < -0.4 is 0 Å². The predicted octanol–water partition coefficient (Wildman–Crippen LogP) is 1.91. The third-order valence-electron chi connectivity index (χ3n) is 1.28. The fourth-order valence-electron chi connectivity index (χ4n) is 0.599. The van der Waals surface area contributed by atoms with Crippen LogP contribution in [0, 0.1) is 4.91 Å². The molecule has 0 aromatic heterocycles. The van der Waals surface area contributed by atoms with E-state index in [1.165, 1.54) is 0 Å². The second-order valence-corrected chi connectivity index (χ2v) is 2.02. The fraction of sp³-hybridized carbons (Fsp3) is 0.571. The van der Waals surface area contributed by atoms with E-state index in [1.54, 1.807) is 13.8 Å². The number of hydrogen-bond donors (Lipinski definition) is 1. The molecule has 0 atom stereocenters. The lowest BCUT2D eigenvalue weighted by atomic mass is 10.2. The molecule has 0 saturated carbocycles. The summed E-state index contributed by atoms with van der Waals surface area (Å²) in [6.07, 6.45) is 0.442. The van der Waals surface area contributed by atoms with Crippen LogP contribution in [0.25, 0.3) is 0 Å². The monoisotopic (exact) mass is 157 g/mol. The zero-order chi connectivity index (χ0) is 8.85. The molecule has 4 nitrogen and oxygen atoms in total. The highest BCUT2D eigenvalue weighted by molar-refractivity contribution is 5.95. The average molecular weight is 157 g/mol. The van der Waals surface area contributed by atoms with Crippen LogP contribution in [0.3, 0.4) is 0 Å². The van der Waals surface area contributed by atoms with Crippen molar-refractivity contribution in [2.45, 2.75) is 26.7 Å². The average Bonchev–Trinajstić information content (AvgIpc) is 2.05. The van der Waals surface area contributed by atoms with E-state index < -0.39 is 5.78 Å². The van der Waals surface area contributed by atoms with Gasteiger partial charge in [0.2, 0.25) is 0 Å². The molecule has 0 fully saturated rings. The Morgan fingerprint density at radius 3 is 2.18 bits per heavy atom. The number of hydrogen-bond acceptors (Lipinski definition) is 4. The fourth-order valence-corrected chi connectivity index (χ4v) is 0.599. The molecule has 0 unspecified atom stereocenters. The second-order valence-electron chi connectivity index (χ2n) is 2.02. The molecule has 0 heterocycles. The molecular formula is C7H11NO3. The van der Waals surface area contributed by atoms with Crippen LogP contribution in [0.15, 0.2) is 16.6 Å². The molecule has 4 heteroatoms. The van der Waals surface area contributed by atoms with Crippen molar-refractivity contribution < 1.29 is 9.90 Å². The quantitative estimate of drug-likeness (QED) is 0.385. The van der Waals surface area contributed by atoms with Crippen LogP contribution in [-0.4, -0.2) is 10.9 Å². The molecule has 11 heavy (non-hydrogen) atoms. The molecule has 62 valence electrons. The predicted molar refractivity (Wildman–Crippen MR) is 41.0 cm³/mol. The van der Waals surface area contributed by atoms with Gasteiger partial charge in [-0.1, -0.05) is 13.8 Å². The summed E-state index contributed by atoms with van der Waals surface area (Å²) in [5.41, 5.74) is -0.338. The Morgan fingerprint density at radius 1 is 1.36 bits per heavy atom. The van der Waals surface area contributed by atoms with Gasteiger partial charge in [-0.25, -0.2) is 0 Å². The zero-order valence-corrected chi connectivity index (χ0v) is 6.63. The molecule has 0 aliphatic heterocycles. The molecule has 0 aromatic rings. The molecule has 0 aliphatic carbocycles. The van der Waals surface area contributed by atoms with Gasteiger partial charge < -0.3 is 5.11 Å². The van der Waals surface area contributed by atoms with E-state index in [1.807, 2.05) is 0 Å². The van der Waals surface area contributed by atoms with Gasteiger partial charge in [-0.15, -0.1) is 4.91 Å². The number of ketones is 1. The first kappa shape index (κ1) is 9.81. The smallest absolute Gasteiger partial charge is 0.188 e. The van der Waals surface area contributed by atoms with Crippen molar-refractivity contribution in [3.8, 4) is 0 Å². The van der Waals surface area contributed by atoms with Crippen LogP contribution >= 0.6 is 0 Å². The minimum Gasteiger partial charge on any atom is -0.510 e.